The highest BCUT2D eigenvalue weighted by atomic mass is 127. The summed E-state index contributed by atoms with van der Waals surface area (Å²) in [5.41, 5.74) is 7.96. The van der Waals surface area contributed by atoms with Gasteiger partial charge >= 0.3 is 0 Å². The lowest BCUT2D eigenvalue weighted by Crippen LogP contribution is -2.37. The van der Waals surface area contributed by atoms with Crippen LogP contribution in [-0.2, 0) is 6.54 Å². The Balaban J connectivity index is 0.00000208. The second-order valence-electron chi connectivity index (χ2n) is 5.26. The quantitative estimate of drug-likeness (QED) is 0.434. The van der Waals surface area contributed by atoms with Gasteiger partial charge in [-0.1, -0.05) is 18.2 Å². The van der Waals surface area contributed by atoms with Crippen molar-refractivity contribution >= 4 is 29.9 Å². The summed E-state index contributed by atoms with van der Waals surface area (Å²) >= 11 is 0. The molecule has 0 fully saturated rings. The smallest absolute Gasteiger partial charge is 0.189 e. The minimum absolute atomic E-state index is 0. The molecule has 0 saturated heterocycles. The van der Waals surface area contributed by atoms with E-state index in [0.29, 0.717) is 19.1 Å². The number of methoxy groups -OCH3 is 1. The summed E-state index contributed by atoms with van der Waals surface area (Å²) in [7, 11) is 1.61. The van der Waals surface area contributed by atoms with Crippen molar-refractivity contribution in [2.45, 2.75) is 19.0 Å². The zero-order valence-electron chi connectivity index (χ0n) is 13.4. The zero-order chi connectivity index (χ0) is 16.1. The number of pyridine rings is 1. The first-order valence-electron chi connectivity index (χ1n) is 7.53. The average Bonchev–Trinajstić information content (AvgIpc) is 2.61. The number of ether oxygens (including phenoxy) is 2. The second-order valence-corrected chi connectivity index (χ2v) is 5.26. The topological polar surface area (TPSA) is 81.8 Å². The van der Waals surface area contributed by atoms with Gasteiger partial charge in [0, 0.05) is 12.0 Å². The maximum Gasteiger partial charge on any atom is 0.189 e. The molecular weight excluding hydrogens is 419 g/mol. The molecule has 0 radical (unpaired) electrons. The Morgan fingerprint density at radius 1 is 1.38 bits per heavy atom. The van der Waals surface area contributed by atoms with Gasteiger partial charge in [0.1, 0.15) is 11.5 Å². The Morgan fingerprint density at radius 2 is 2.21 bits per heavy atom. The van der Waals surface area contributed by atoms with Gasteiger partial charge in [-0.15, -0.1) is 24.0 Å². The summed E-state index contributed by atoms with van der Waals surface area (Å²) in [5, 5.41) is 3.26. The van der Waals surface area contributed by atoms with Crippen molar-refractivity contribution in [3.8, 4) is 11.5 Å². The summed E-state index contributed by atoms with van der Waals surface area (Å²) in [5.74, 6) is 2.04. The molecule has 3 N–H and O–H groups in total. The lowest BCUT2D eigenvalue weighted by atomic mass is 10.0. The molecular formula is C17H21IN4O2. The zero-order valence-corrected chi connectivity index (χ0v) is 15.8. The maximum atomic E-state index is 6.01. The summed E-state index contributed by atoms with van der Waals surface area (Å²) in [6, 6.07) is 11.8. The molecule has 0 bridgehead atoms. The molecule has 3 rings (SSSR count). The number of hydrogen-bond acceptors (Lipinski definition) is 4. The fraction of sp³-hybridized carbons (Fsp3) is 0.294. The third-order valence-corrected chi connectivity index (χ3v) is 3.73. The Morgan fingerprint density at radius 3 is 2.96 bits per heavy atom. The van der Waals surface area contributed by atoms with Crippen LogP contribution >= 0.6 is 24.0 Å². The van der Waals surface area contributed by atoms with Crippen LogP contribution in [0.25, 0.3) is 0 Å². The summed E-state index contributed by atoms with van der Waals surface area (Å²) in [4.78, 5) is 8.62. The fourth-order valence-electron chi connectivity index (χ4n) is 2.51. The van der Waals surface area contributed by atoms with Gasteiger partial charge in [0.05, 0.1) is 38.2 Å². The third kappa shape index (κ3) is 4.50. The number of aromatic nitrogens is 1. The number of benzene rings is 1. The molecule has 0 saturated carbocycles. The van der Waals surface area contributed by atoms with E-state index in [-0.39, 0.29) is 30.0 Å². The lowest BCUT2D eigenvalue weighted by Gasteiger charge is -2.26. The van der Waals surface area contributed by atoms with Gasteiger partial charge in [-0.05, 0) is 18.2 Å². The predicted molar refractivity (Wildman–Crippen MR) is 104 cm³/mol. The van der Waals surface area contributed by atoms with Crippen molar-refractivity contribution in [3.63, 3.8) is 0 Å². The van der Waals surface area contributed by atoms with E-state index in [1.54, 1.807) is 13.3 Å². The Hall–Kier alpha value is -2.03. The van der Waals surface area contributed by atoms with Crippen LogP contribution < -0.4 is 20.5 Å². The van der Waals surface area contributed by atoms with E-state index in [9.17, 15) is 0 Å². The highest BCUT2D eigenvalue weighted by molar-refractivity contribution is 14.0. The number of rotatable bonds is 4. The van der Waals surface area contributed by atoms with Crippen molar-refractivity contribution in [1.82, 2.24) is 10.3 Å². The van der Waals surface area contributed by atoms with Crippen LogP contribution in [0.1, 0.15) is 23.7 Å². The molecule has 0 spiro atoms. The van der Waals surface area contributed by atoms with E-state index in [1.165, 1.54) is 0 Å². The van der Waals surface area contributed by atoms with Crippen LogP contribution in [0, 0.1) is 0 Å². The number of guanidine groups is 1. The molecule has 1 aromatic carbocycles. The highest BCUT2D eigenvalue weighted by Crippen LogP contribution is 2.31. The summed E-state index contributed by atoms with van der Waals surface area (Å²) in [6.45, 7) is 1.09. The maximum absolute atomic E-state index is 6.01. The first-order valence-corrected chi connectivity index (χ1v) is 7.53. The van der Waals surface area contributed by atoms with E-state index < -0.39 is 0 Å². The summed E-state index contributed by atoms with van der Waals surface area (Å²) < 4.78 is 10.7. The average molecular weight is 440 g/mol. The van der Waals surface area contributed by atoms with E-state index in [4.69, 9.17) is 15.2 Å². The number of fused-ring (bicyclic) bond motifs is 1. The van der Waals surface area contributed by atoms with E-state index >= 15 is 0 Å². The minimum atomic E-state index is 0. The number of halogens is 1. The second kappa shape index (κ2) is 8.72. The van der Waals surface area contributed by atoms with Crippen molar-refractivity contribution in [2.75, 3.05) is 13.7 Å². The molecule has 1 aromatic heterocycles. The Labute approximate surface area is 158 Å². The van der Waals surface area contributed by atoms with Gasteiger partial charge < -0.3 is 20.5 Å². The molecule has 2 heterocycles. The third-order valence-electron chi connectivity index (χ3n) is 3.73. The molecule has 1 unspecified atom stereocenters. The number of nitrogens with zero attached hydrogens (tertiary/aromatic N) is 2. The first-order chi connectivity index (χ1) is 11.3. The number of aliphatic imine (C=N–C) groups is 1. The fourth-order valence-corrected chi connectivity index (χ4v) is 2.51. The van der Waals surface area contributed by atoms with E-state index in [1.807, 2.05) is 36.4 Å². The lowest BCUT2D eigenvalue weighted by molar-refractivity contribution is 0.262. The molecule has 6 nitrogen and oxygen atoms in total. The Kier molecular flexibility index (Phi) is 6.65. The van der Waals surface area contributed by atoms with E-state index in [0.717, 1.165) is 29.2 Å². The van der Waals surface area contributed by atoms with Gasteiger partial charge in [-0.25, -0.2) is 4.99 Å². The first kappa shape index (κ1) is 18.3. The van der Waals surface area contributed by atoms with Gasteiger partial charge in [0.15, 0.2) is 5.96 Å². The molecule has 0 aliphatic carbocycles. The monoisotopic (exact) mass is 440 g/mol. The van der Waals surface area contributed by atoms with E-state index in [2.05, 4.69) is 15.3 Å². The van der Waals surface area contributed by atoms with Gasteiger partial charge in [0.25, 0.3) is 0 Å². The molecule has 1 aliphatic rings. The van der Waals surface area contributed by atoms with Crippen LogP contribution in [-0.4, -0.2) is 24.7 Å². The van der Waals surface area contributed by atoms with Gasteiger partial charge in [0.2, 0.25) is 0 Å². The van der Waals surface area contributed by atoms with Crippen LogP contribution in [0.5, 0.6) is 11.5 Å². The van der Waals surface area contributed by atoms with Crippen molar-refractivity contribution in [3.05, 3.63) is 53.9 Å². The SMILES string of the molecule is COc1ccc(CN=C(N)NC2CCOc3ccccc32)nc1.I. The predicted octanol–water partition coefficient (Wildman–Crippen LogP) is 2.64. The van der Waals surface area contributed by atoms with Crippen molar-refractivity contribution < 1.29 is 9.47 Å². The molecule has 7 heteroatoms. The van der Waals surface area contributed by atoms with Crippen LogP contribution in [0.2, 0.25) is 0 Å². The van der Waals surface area contributed by atoms with Gasteiger partial charge in [-0.3, -0.25) is 4.98 Å². The Bertz CT molecular complexity index is 691. The molecule has 24 heavy (non-hydrogen) atoms. The van der Waals surface area contributed by atoms with Crippen molar-refractivity contribution in [2.24, 2.45) is 10.7 Å². The highest BCUT2D eigenvalue weighted by Gasteiger charge is 2.21. The molecule has 0 amide bonds. The summed E-state index contributed by atoms with van der Waals surface area (Å²) in [6.07, 6.45) is 2.53. The molecule has 2 aromatic rings. The van der Waals surface area contributed by atoms with Gasteiger partial charge in [-0.2, -0.15) is 0 Å². The standard InChI is InChI=1S/C17H20N4O2.HI/c1-22-13-7-6-12(19-11-13)10-20-17(18)21-15-8-9-23-16-5-3-2-4-14(15)16;/h2-7,11,15H,8-10H2,1H3,(H3,18,20,21);1H. The number of para-hydroxylation sites is 1. The minimum Gasteiger partial charge on any atom is -0.495 e. The van der Waals surface area contributed by atoms with Crippen LogP contribution in [0.4, 0.5) is 0 Å². The van der Waals surface area contributed by atoms with Crippen molar-refractivity contribution in [1.29, 1.82) is 0 Å². The van der Waals surface area contributed by atoms with Crippen LogP contribution in [0.3, 0.4) is 0 Å². The van der Waals surface area contributed by atoms with Crippen LogP contribution in [0.15, 0.2) is 47.6 Å². The molecule has 128 valence electrons. The molecule has 1 aliphatic heterocycles. The normalized spacial score (nSPS) is 16.4. The largest absolute Gasteiger partial charge is 0.495 e. The number of hydrogen-bond donors (Lipinski definition) is 2. The number of nitrogens with two attached hydrogens (primary N) is 1. The molecule has 1 atom stereocenters. The number of nitrogens with one attached hydrogen (secondary N) is 1.